The van der Waals surface area contributed by atoms with Crippen molar-refractivity contribution in [1.29, 1.82) is 0 Å². The van der Waals surface area contributed by atoms with Crippen molar-refractivity contribution in [2.24, 2.45) is 5.73 Å². The predicted octanol–water partition coefficient (Wildman–Crippen LogP) is 1.25. The summed E-state index contributed by atoms with van der Waals surface area (Å²) >= 11 is 0. The molecule has 1 aliphatic rings. The minimum absolute atomic E-state index is 0.197. The summed E-state index contributed by atoms with van der Waals surface area (Å²) in [6.07, 6.45) is 5.41. The van der Waals surface area contributed by atoms with Gasteiger partial charge in [0.05, 0.1) is 11.5 Å². The first-order valence-corrected chi connectivity index (χ1v) is 6.99. The molecule has 1 unspecified atom stereocenters. The maximum absolute atomic E-state index is 11.4. The average molecular weight is 217 g/mol. The predicted molar refractivity (Wildman–Crippen MR) is 58.9 cm³/mol. The van der Waals surface area contributed by atoms with E-state index in [1.807, 2.05) is 13.0 Å². The van der Waals surface area contributed by atoms with Crippen molar-refractivity contribution in [3.8, 4) is 0 Å². The number of nitrogens with two attached hydrogens (primary N) is 1. The van der Waals surface area contributed by atoms with Gasteiger partial charge in [-0.1, -0.05) is 18.6 Å². The molecule has 1 aliphatic carbocycles. The molecular formula is C10H19NO2S. The summed E-state index contributed by atoms with van der Waals surface area (Å²) in [4.78, 5) is 0. The molecule has 0 aromatic rings. The molecule has 0 aromatic heterocycles. The first-order chi connectivity index (χ1) is 6.53. The summed E-state index contributed by atoms with van der Waals surface area (Å²) in [5.41, 5.74) is 6.95. The Morgan fingerprint density at radius 3 is 2.79 bits per heavy atom. The lowest BCUT2D eigenvalue weighted by Gasteiger charge is -2.00. The van der Waals surface area contributed by atoms with E-state index >= 15 is 0 Å². The van der Waals surface area contributed by atoms with Crippen molar-refractivity contribution >= 4 is 9.84 Å². The fourth-order valence-electron chi connectivity index (χ4n) is 1.74. The van der Waals surface area contributed by atoms with Crippen LogP contribution in [0.3, 0.4) is 0 Å². The van der Waals surface area contributed by atoms with Gasteiger partial charge in [-0.2, -0.15) is 0 Å². The Labute approximate surface area is 86.3 Å². The van der Waals surface area contributed by atoms with E-state index in [9.17, 15) is 8.42 Å². The molecule has 0 radical (unpaired) electrons. The number of sulfone groups is 1. The summed E-state index contributed by atoms with van der Waals surface area (Å²) in [7, 11) is -2.85. The second-order valence-electron chi connectivity index (χ2n) is 3.98. The monoisotopic (exact) mass is 217 g/mol. The molecule has 0 amide bonds. The van der Waals surface area contributed by atoms with Crippen molar-refractivity contribution in [3.63, 3.8) is 0 Å². The van der Waals surface area contributed by atoms with E-state index in [0.717, 1.165) is 19.3 Å². The summed E-state index contributed by atoms with van der Waals surface area (Å²) in [6.45, 7) is 1.89. The Morgan fingerprint density at radius 2 is 2.29 bits per heavy atom. The normalized spacial score (nSPS) is 25.9. The zero-order chi connectivity index (χ0) is 10.6. The van der Waals surface area contributed by atoms with Gasteiger partial charge in [0, 0.05) is 6.04 Å². The van der Waals surface area contributed by atoms with E-state index in [4.69, 9.17) is 5.73 Å². The van der Waals surface area contributed by atoms with Crippen LogP contribution in [0.25, 0.3) is 0 Å². The van der Waals surface area contributed by atoms with Crippen LogP contribution in [0.1, 0.15) is 32.6 Å². The minimum atomic E-state index is -2.85. The third-order valence-corrected chi connectivity index (χ3v) is 4.21. The molecule has 2 N–H and O–H groups in total. The standard InChI is InChI=1S/C10H19NO2S/c1-2-6-14(12,13)7-5-9-3-4-10(11)8-9/h5,10H,2-4,6-8,11H2,1H3/b9-5-. The molecule has 0 aromatic carbocycles. The Morgan fingerprint density at radius 1 is 1.57 bits per heavy atom. The Bertz CT molecular complexity index is 306. The van der Waals surface area contributed by atoms with Gasteiger partial charge in [-0.25, -0.2) is 8.42 Å². The molecule has 0 saturated heterocycles. The highest BCUT2D eigenvalue weighted by Crippen LogP contribution is 2.22. The fraction of sp³-hybridized carbons (Fsp3) is 0.800. The summed E-state index contributed by atoms with van der Waals surface area (Å²) in [5, 5.41) is 0. The first-order valence-electron chi connectivity index (χ1n) is 5.17. The molecular weight excluding hydrogens is 198 g/mol. The zero-order valence-electron chi connectivity index (χ0n) is 8.70. The van der Waals surface area contributed by atoms with Crippen molar-refractivity contribution in [3.05, 3.63) is 11.6 Å². The maximum atomic E-state index is 11.4. The molecule has 1 rings (SSSR count). The Kier molecular flexibility index (Phi) is 4.13. The molecule has 1 atom stereocenters. The van der Waals surface area contributed by atoms with Crippen molar-refractivity contribution < 1.29 is 8.42 Å². The summed E-state index contributed by atoms with van der Waals surface area (Å²) in [6, 6.07) is 0.245. The summed E-state index contributed by atoms with van der Waals surface area (Å²) < 4.78 is 22.8. The van der Waals surface area contributed by atoms with E-state index in [1.165, 1.54) is 5.57 Å². The van der Waals surface area contributed by atoms with E-state index in [1.54, 1.807) is 0 Å². The molecule has 3 nitrogen and oxygen atoms in total. The quantitative estimate of drug-likeness (QED) is 0.721. The second-order valence-corrected chi connectivity index (χ2v) is 6.21. The first kappa shape index (κ1) is 11.7. The molecule has 82 valence electrons. The second kappa shape index (κ2) is 4.94. The topological polar surface area (TPSA) is 60.2 Å². The minimum Gasteiger partial charge on any atom is -0.327 e. The van der Waals surface area contributed by atoms with Gasteiger partial charge in [-0.3, -0.25) is 0 Å². The molecule has 1 saturated carbocycles. The van der Waals surface area contributed by atoms with Crippen LogP contribution < -0.4 is 5.73 Å². The molecule has 4 heteroatoms. The van der Waals surface area contributed by atoms with Gasteiger partial charge in [0.15, 0.2) is 9.84 Å². The van der Waals surface area contributed by atoms with Crippen LogP contribution in [0.15, 0.2) is 11.6 Å². The fourth-order valence-corrected chi connectivity index (χ4v) is 3.01. The molecule has 0 heterocycles. The highest BCUT2D eigenvalue weighted by Gasteiger charge is 2.16. The maximum Gasteiger partial charge on any atom is 0.153 e. The lowest BCUT2D eigenvalue weighted by molar-refractivity contribution is 0.597. The van der Waals surface area contributed by atoms with Crippen LogP contribution in [0.4, 0.5) is 0 Å². The SMILES string of the molecule is CCCS(=O)(=O)C/C=C1/CCC(N)C1. The van der Waals surface area contributed by atoms with Crippen LogP contribution in [-0.4, -0.2) is 26.0 Å². The van der Waals surface area contributed by atoms with E-state index in [-0.39, 0.29) is 11.8 Å². The average Bonchev–Trinajstić information content (AvgIpc) is 2.48. The van der Waals surface area contributed by atoms with Crippen molar-refractivity contribution in [2.45, 2.75) is 38.6 Å². The lowest BCUT2D eigenvalue weighted by Crippen LogP contribution is -2.13. The van der Waals surface area contributed by atoms with Gasteiger partial charge >= 0.3 is 0 Å². The molecule has 0 spiro atoms. The molecule has 1 fully saturated rings. The van der Waals surface area contributed by atoms with Crippen LogP contribution in [0, 0.1) is 0 Å². The van der Waals surface area contributed by atoms with E-state index in [2.05, 4.69) is 0 Å². The van der Waals surface area contributed by atoms with Crippen LogP contribution in [0.2, 0.25) is 0 Å². The highest BCUT2D eigenvalue weighted by molar-refractivity contribution is 7.91. The third-order valence-electron chi connectivity index (χ3n) is 2.50. The van der Waals surface area contributed by atoms with Gasteiger partial charge in [-0.15, -0.1) is 0 Å². The van der Waals surface area contributed by atoms with Gasteiger partial charge < -0.3 is 5.73 Å². The van der Waals surface area contributed by atoms with Crippen molar-refractivity contribution in [2.75, 3.05) is 11.5 Å². The van der Waals surface area contributed by atoms with Gasteiger partial charge in [0.1, 0.15) is 0 Å². The van der Waals surface area contributed by atoms with Gasteiger partial charge in [0.2, 0.25) is 0 Å². The van der Waals surface area contributed by atoms with Gasteiger partial charge in [-0.05, 0) is 25.7 Å². The number of rotatable bonds is 4. The zero-order valence-corrected chi connectivity index (χ0v) is 9.52. The van der Waals surface area contributed by atoms with E-state index < -0.39 is 9.84 Å². The number of hydrogen-bond donors (Lipinski definition) is 1. The number of hydrogen-bond acceptors (Lipinski definition) is 3. The Hall–Kier alpha value is -0.350. The van der Waals surface area contributed by atoms with Crippen LogP contribution >= 0.6 is 0 Å². The molecule has 14 heavy (non-hydrogen) atoms. The van der Waals surface area contributed by atoms with Crippen molar-refractivity contribution in [1.82, 2.24) is 0 Å². The lowest BCUT2D eigenvalue weighted by atomic mass is 10.2. The smallest absolute Gasteiger partial charge is 0.153 e. The van der Waals surface area contributed by atoms with E-state index in [0.29, 0.717) is 12.2 Å². The third kappa shape index (κ3) is 3.80. The largest absolute Gasteiger partial charge is 0.327 e. The molecule has 0 bridgehead atoms. The summed E-state index contributed by atoms with van der Waals surface area (Å²) in [5.74, 6) is 0.492. The van der Waals surface area contributed by atoms with Crippen LogP contribution in [0.5, 0.6) is 0 Å². The molecule has 0 aliphatic heterocycles. The highest BCUT2D eigenvalue weighted by atomic mass is 32.2. The van der Waals surface area contributed by atoms with Crippen LogP contribution in [-0.2, 0) is 9.84 Å². The van der Waals surface area contributed by atoms with Gasteiger partial charge in [0.25, 0.3) is 0 Å². The Balaban J connectivity index is 2.46.